The van der Waals surface area contributed by atoms with Crippen LogP contribution in [0.1, 0.15) is 67.8 Å². The molecule has 55 heavy (non-hydrogen) atoms. The Morgan fingerprint density at radius 2 is 1.27 bits per heavy atom. The number of imidazole rings is 1. The van der Waals surface area contributed by atoms with Crippen LogP contribution < -0.4 is 0 Å². The first-order chi connectivity index (χ1) is 29.3. The van der Waals surface area contributed by atoms with E-state index in [-0.39, 0.29) is 63.8 Å². The number of aromatic nitrogens is 3. The molecule has 8 rings (SSSR count). The number of pyridine rings is 1. The Kier molecular flexibility index (Phi) is 7.11. The Labute approximate surface area is 334 Å². The topological polar surface area (TPSA) is 50.9 Å². The molecule has 2 heterocycles. The second-order valence-corrected chi connectivity index (χ2v) is 16.1. The Morgan fingerprint density at radius 1 is 0.582 bits per heavy atom. The van der Waals surface area contributed by atoms with E-state index in [4.69, 9.17) is 13.2 Å². The van der Waals surface area contributed by atoms with Gasteiger partial charge in [0.05, 0.1) is 37.6 Å². The minimum atomic E-state index is -0.453. The first kappa shape index (κ1) is 28.2. The van der Waals surface area contributed by atoms with Gasteiger partial charge in [0.2, 0.25) is 0 Å². The Hall–Kier alpha value is -6.26. The second-order valence-electron chi connectivity index (χ2n) is 16.1. The van der Waals surface area contributed by atoms with Crippen LogP contribution in [0.25, 0.3) is 72.7 Å². The first-order valence-electron chi connectivity index (χ1n) is 22.0. The number of phenolic OH excluding ortho intramolecular Hbond substituents is 1. The van der Waals surface area contributed by atoms with Crippen molar-refractivity contribution in [2.75, 3.05) is 0 Å². The van der Waals surface area contributed by atoms with E-state index in [0.29, 0.717) is 22.5 Å². The molecule has 0 amide bonds. The van der Waals surface area contributed by atoms with Gasteiger partial charge in [0, 0.05) is 22.9 Å². The van der Waals surface area contributed by atoms with Crippen molar-refractivity contribution in [1.82, 2.24) is 14.5 Å². The molecule has 1 N–H and O–H groups in total. The molecule has 0 saturated heterocycles. The number of hydrogen-bond donors (Lipinski definition) is 1. The summed E-state index contributed by atoms with van der Waals surface area (Å²) in [6.07, 6.45) is -0.453. The van der Waals surface area contributed by atoms with Gasteiger partial charge in [-0.1, -0.05) is 138 Å². The number of aromatic hydroxyl groups is 1. The summed E-state index contributed by atoms with van der Waals surface area (Å²) in [7, 11) is 0. The molecule has 0 spiro atoms. The highest BCUT2D eigenvalue weighted by Gasteiger charge is 2.25. The average Bonchev–Trinajstić information content (AvgIpc) is 3.63. The highest BCUT2D eigenvalue weighted by atomic mass is 16.3. The van der Waals surface area contributed by atoms with Crippen LogP contribution >= 0.6 is 0 Å². The second kappa shape index (κ2) is 13.9. The van der Waals surface area contributed by atoms with E-state index in [0.717, 1.165) is 39.0 Å². The predicted octanol–water partition coefficient (Wildman–Crippen LogP) is 13.4. The minimum Gasteiger partial charge on any atom is -0.507 e. The van der Waals surface area contributed by atoms with Crippen LogP contribution in [0.15, 0.2) is 152 Å². The normalized spacial score (nSPS) is 13.8. The van der Waals surface area contributed by atoms with Crippen LogP contribution in [0.2, 0.25) is 0 Å². The lowest BCUT2D eigenvalue weighted by molar-refractivity contribution is 0.477. The van der Waals surface area contributed by atoms with Crippen LogP contribution in [0.5, 0.6) is 5.75 Å². The van der Waals surface area contributed by atoms with Gasteiger partial charge < -0.3 is 5.11 Å². The first-order valence-corrected chi connectivity index (χ1v) is 18.5. The maximum Gasteiger partial charge on any atom is 0.149 e. The van der Waals surface area contributed by atoms with Crippen molar-refractivity contribution in [3.8, 4) is 67.5 Å². The van der Waals surface area contributed by atoms with Gasteiger partial charge in [0.15, 0.2) is 0 Å². The smallest absolute Gasteiger partial charge is 0.149 e. The third-order valence-electron chi connectivity index (χ3n) is 9.99. The van der Waals surface area contributed by atoms with Crippen molar-refractivity contribution < 1.29 is 14.7 Å². The molecular weight excluding hydrogens is 671 g/mol. The number of nitrogens with zero attached hydrogens (tertiary/aromatic N) is 3. The molecule has 0 aliphatic heterocycles. The largest absolute Gasteiger partial charge is 0.507 e. The zero-order chi connectivity index (χ0) is 44.6. The molecule has 0 unspecified atom stereocenters. The number of phenols is 1. The van der Waals surface area contributed by atoms with Crippen LogP contribution in [0.4, 0.5) is 0 Å². The summed E-state index contributed by atoms with van der Waals surface area (Å²) in [4.78, 5) is 9.82. The summed E-state index contributed by atoms with van der Waals surface area (Å²) >= 11 is 0. The molecule has 0 aliphatic carbocycles. The van der Waals surface area contributed by atoms with Crippen LogP contribution in [0.3, 0.4) is 0 Å². The van der Waals surface area contributed by atoms with E-state index in [9.17, 15) is 6.48 Å². The van der Waals surface area contributed by atoms with Gasteiger partial charge in [-0.2, -0.15) is 0 Å². The summed E-state index contributed by atoms with van der Waals surface area (Å²) in [6.45, 7) is 14.3. The molecule has 0 aliphatic rings. The molecule has 0 saturated carbocycles. The molecule has 6 aromatic carbocycles. The van der Waals surface area contributed by atoms with Crippen LogP contribution in [-0.4, -0.2) is 19.6 Å². The lowest BCUT2D eigenvalue weighted by Gasteiger charge is -2.23. The maximum atomic E-state index is 11.4. The summed E-state index contributed by atoms with van der Waals surface area (Å²) in [5.41, 5.74) is 8.30. The highest BCUT2D eigenvalue weighted by molar-refractivity contribution is 5.97. The van der Waals surface area contributed by atoms with Gasteiger partial charge in [-0.15, -0.1) is 0 Å². The zero-order valence-corrected chi connectivity index (χ0v) is 32.2. The third-order valence-corrected chi connectivity index (χ3v) is 9.99. The number of benzene rings is 6. The van der Waals surface area contributed by atoms with Gasteiger partial charge in [0.1, 0.15) is 11.6 Å². The standard InChI is InChI=1S/C51H47N3O/c1-33-20-22-34(23-21-33)36-26-27-52-44(31-36)38-28-37(29-40(30-38)51(5,6)7)41-17-13-18-46-48(41)53-49(42-16-11-12-19-47(42)55)54(46)45-25-24-39(50(2,3)4)32-43(45)35-14-9-8-10-15-35/h8-32,55H,1-7H3/i20D,21D,22D,23D,26D,27D,31D. The Bertz CT molecular complexity index is 3060. The predicted molar refractivity (Wildman–Crippen MR) is 230 cm³/mol. The van der Waals surface area contributed by atoms with Gasteiger partial charge in [-0.25, -0.2) is 4.98 Å². The van der Waals surface area contributed by atoms with E-state index < -0.39 is 17.6 Å². The summed E-state index contributed by atoms with van der Waals surface area (Å²) < 4.78 is 63.8. The monoisotopic (exact) mass is 724 g/mol. The van der Waals surface area contributed by atoms with Crippen LogP contribution in [-0.2, 0) is 10.8 Å². The minimum absolute atomic E-state index is 0.0739. The van der Waals surface area contributed by atoms with E-state index in [1.807, 2.05) is 60.7 Å². The SMILES string of the molecule is [2H]c1nc(-c2cc(-c3cccc4c3nc(-c3ccccc3O)n4-c3ccc(C(C)(C)C)cc3-c3ccccc3)cc(C(C)(C)C)c2)c([2H])c(-c2c([2H])c([2H])c(C)c([2H])c2[2H])c1[2H]. The van der Waals surface area contributed by atoms with Crippen molar-refractivity contribution in [1.29, 1.82) is 0 Å². The molecule has 272 valence electrons. The number of para-hydroxylation sites is 2. The molecule has 0 bridgehead atoms. The number of fused-ring (bicyclic) bond motifs is 1. The number of rotatable bonds is 6. The van der Waals surface area contributed by atoms with Crippen molar-refractivity contribution >= 4 is 11.0 Å². The van der Waals surface area contributed by atoms with E-state index >= 15 is 0 Å². The molecule has 8 aromatic rings. The van der Waals surface area contributed by atoms with Gasteiger partial charge >= 0.3 is 0 Å². The van der Waals surface area contributed by atoms with Crippen molar-refractivity contribution in [2.45, 2.75) is 59.3 Å². The molecule has 0 atom stereocenters. The van der Waals surface area contributed by atoms with Crippen molar-refractivity contribution in [2.24, 2.45) is 0 Å². The molecule has 4 nitrogen and oxygen atoms in total. The quantitative estimate of drug-likeness (QED) is 0.186. The fourth-order valence-corrected chi connectivity index (χ4v) is 6.90. The fourth-order valence-electron chi connectivity index (χ4n) is 6.90. The van der Waals surface area contributed by atoms with E-state index in [1.54, 1.807) is 12.1 Å². The summed E-state index contributed by atoms with van der Waals surface area (Å²) in [5.74, 6) is 0.625. The summed E-state index contributed by atoms with van der Waals surface area (Å²) in [5, 5.41) is 11.4. The highest BCUT2D eigenvalue weighted by Crippen LogP contribution is 2.42. The lowest BCUT2D eigenvalue weighted by Crippen LogP contribution is -2.12. The molecule has 4 heteroatoms. The van der Waals surface area contributed by atoms with Gasteiger partial charge in [0.25, 0.3) is 0 Å². The Morgan fingerprint density at radius 3 is 2.00 bits per heavy atom. The maximum absolute atomic E-state index is 11.4. The molecular formula is C51H47N3O. The average molecular weight is 725 g/mol. The van der Waals surface area contributed by atoms with Gasteiger partial charge in [-0.3, -0.25) is 9.55 Å². The van der Waals surface area contributed by atoms with E-state index in [1.165, 1.54) is 12.5 Å². The summed E-state index contributed by atoms with van der Waals surface area (Å²) in [6, 6.07) is 33.8. The molecule has 0 radical (unpaired) electrons. The molecule has 0 fully saturated rings. The Balaban J connectivity index is 1.43. The third kappa shape index (κ3) is 6.97. The lowest BCUT2D eigenvalue weighted by atomic mass is 9.83. The van der Waals surface area contributed by atoms with Crippen molar-refractivity contribution in [3.63, 3.8) is 0 Å². The van der Waals surface area contributed by atoms with Gasteiger partial charge in [-0.05, 0) is 106 Å². The van der Waals surface area contributed by atoms with Crippen molar-refractivity contribution in [3.05, 3.63) is 168 Å². The van der Waals surface area contributed by atoms with E-state index in [2.05, 4.69) is 87.5 Å². The van der Waals surface area contributed by atoms with Crippen LogP contribution in [0, 0.1) is 6.92 Å². The fraction of sp³-hybridized carbons (Fsp3) is 0.176. The zero-order valence-electron chi connectivity index (χ0n) is 39.2. The molecule has 2 aromatic heterocycles. The number of hydrogen-bond acceptors (Lipinski definition) is 3.